The molecule has 17 heavy (non-hydrogen) atoms. The van der Waals surface area contributed by atoms with E-state index in [1.54, 1.807) is 11.3 Å². The minimum Gasteiger partial charge on any atom is -0.198 e. The van der Waals surface area contributed by atoms with Crippen LogP contribution in [0.15, 0.2) is 15.9 Å². The second kappa shape index (κ2) is 5.54. The van der Waals surface area contributed by atoms with Gasteiger partial charge in [-0.1, -0.05) is 13.3 Å². The van der Waals surface area contributed by atoms with Crippen molar-refractivity contribution in [2.24, 2.45) is 11.3 Å². The molecule has 0 saturated heterocycles. The second-order valence-electron chi connectivity index (χ2n) is 5.11. The summed E-state index contributed by atoms with van der Waals surface area (Å²) in [5, 5.41) is 11.6. The molecule has 0 unspecified atom stereocenters. The average Bonchev–Trinajstić information content (AvgIpc) is 2.76. The third-order valence-corrected chi connectivity index (χ3v) is 5.99. The zero-order valence-corrected chi connectivity index (χ0v) is 12.6. The molecule has 0 bridgehead atoms. The van der Waals surface area contributed by atoms with E-state index in [1.807, 2.05) is 0 Å². The topological polar surface area (TPSA) is 23.8 Å². The van der Waals surface area contributed by atoms with Gasteiger partial charge in [0.25, 0.3) is 0 Å². The van der Waals surface area contributed by atoms with E-state index in [4.69, 9.17) is 0 Å². The predicted octanol–water partition coefficient (Wildman–Crippen LogP) is 5.16. The minimum atomic E-state index is -0.0982. The van der Waals surface area contributed by atoms with Gasteiger partial charge >= 0.3 is 0 Å². The fourth-order valence-corrected chi connectivity index (χ4v) is 4.36. The molecule has 1 aliphatic rings. The number of nitrogens with zero attached hydrogens (tertiary/aromatic N) is 1. The number of hydrogen-bond donors (Lipinski definition) is 0. The summed E-state index contributed by atoms with van der Waals surface area (Å²) in [7, 11) is 0. The highest BCUT2D eigenvalue weighted by Gasteiger charge is 2.35. The Balaban J connectivity index is 2.07. The molecule has 0 atom stereocenters. The van der Waals surface area contributed by atoms with E-state index in [0.717, 1.165) is 25.2 Å². The normalized spacial score (nSPS) is 28.9. The van der Waals surface area contributed by atoms with Crippen LogP contribution in [0.3, 0.4) is 0 Å². The highest BCUT2D eigenvalue weighted by Crippen LogP contribution is 2.43. The maximum atomic E-state index is 9.53. The lowest BCUT2D eigenvalue weighted by molar-refractivity contribution is 0.206. The van der Waals surface area contributed by atoms with Gasteiger partial charge in [0.15, 0.2) is 0 Å². The van der Waals surface area contributed by atoms with Gasteiger partial charge in [-0.25, -0.2) is 0 Å². The molecule has 1 saturated carbocycles. The smallest absolute Gasteiger partial charge is 0.0693 e. The average molecular weight is 312 g/mol. The molecule has 1 aliphatic carbocycles. The Kier molecular flexibility index (Phi) is 4.27. The van der Waals surface area contributed by atoms with E-state index in [1.165, 1.54) is 28.6 Å². The zero-order valence-electron chi connectivity index (χ0n) is 10.2. The van der Waals surface area contributed by atoms with Gasteiger partial charge in [-0.05, 0) is 59.0 Å². The molecule has 0 N–H and O–H groups in total. The molecule has 1 aromatic heterocycles. The monoisotopic (exact) mass is 311 g/mol. The van der Waals surface area contributed by atoms with Crippen LogP contribution in [0.4, 0.5) is 0 Å². The molecule has 0 amide bonds. The lowest BCUT2D eigenvalue weighted by atomic mass is 9.69. The molecular weight excluding hydrogens is 294 g/mol. The number of thiophene rings is 1. The van der Waals surface area contributed by atoms with Crippen LogP contribution in [0.1, 0.15) is 43.9 Å². The van der Waals surface area contributed by atoms with Crippen molar-refractivity contribution in [2.75, 3.05) is 0 Å². The molecule has 0 aromatic carbocycles. The van der Waals surface area contributed by atoms with Crippen molar-refractivity contribution < 1.29 is 0 Å². The highest BCUT2D eigenvalue weighted by atomic mass is 79.9. The van der Waals surface area contributed by atoms with Gasteiger partial charge in [-0.3, -0.25) is 0 Å². The first-order chi connectivity index (χ1) is 8.19. The Hall–Kier alpha value is -0.330. The molecule has 3 heteroatoms. The Morgan fingerprint density at radius 2 is 2.24 bits per heavy atom. The lowest BCUT2D eigenvalue weighted by Gasteiger charge is -2.34. The van der Waals surface area contributed by atoms with Crippen molar-refractivity contribution in [3.8, 4) is 6.07 Å². The predicted molar refractivity (Wildman–Crippen MR) is 76.0 cm³/mol. The first kappa shape index (κ1) is 13.1. The van der Waals surface area contributed by atoms with Crippen LogP contribution in [0.5, 0.6) is 0 Å². The van der Waals surface area contributed by atoms with Crippen molar-refractivity contribution in [3.63, 3.8) is 0 Å². The van der Waals surface area contributed by atoms with Crippen LogP contribution >= 0.6 is 27.3 Å². The Labute approximate surface area is 116 Å². The summed E-state index contributed by atoms with van der Waals surface area (Å²) in [6.45, 7) is 2.26. The molecule has 92 valence electrons. The van der Waals surface area contributed by atoms with Crippen molar-refractivity contribution in [2.45, 2.75) is 45.4 Å². The molecule has 2 rings (SSSR count). The summed E-state index contributed by atoms with van der Waals surface area (Å²) in [4.78, 5) is 1.33. The Morgan fingerprint density at radius 3 is 2.71 bits per heavy atom. The summed E-state index contributed by atoms with van der Waals surface area (Å²) in [6, 6.07) is 4.70. The largest absolute Gasteiger partial charge is 0.198 e. The van der Waals surface area contributed by atoms with Crippen LogP contribution in [-0.2, 0) is 6.42 Å². The van der Waals surface area contributed by atoms with Gasteiger partial charge in [0, 0.05) is 15.8 Å². The number of hydrogen-bond acceptors (Lipinski definition) is 2. The fraction of sp³-hybridized carbons (Fsp3) is 0.643. The van der Waals surface area contributed by atoms with Crippen LogP contribution in [0, 0.1) is 22.7 Å². The van der Waals surface area contributed by atoms with Crippen LogP contribution in [0.25, 0.3) is 0 Å². The quantitative estimate of drug-likeness (QED) is 0.756. The van der Waals surface area contributed by atoms with Crippen LogP contribution < -0.4 is 0 Å². The van der Waals surface area contributed by atoms with Crippen LogP contribution in [-0.4, -0.2) is 0 Å². The van der Waals surface area contributed by atoms with E-state index in [0.29, 0.717) is 0 Å². The summed E-state index contributed by atoms with van der Waals surface area (Å²) < 4.78 is 1.18. The van der Waals surface area contributed by atoms with E-state index in [-0.39, 0.29) is 5.41 Å². The van der Waals surface area contributed by atoms with Crippen molar-refractivity contribution in [1.82, 2.24) is 0 Å². The minimum absolute atomic E-state index is 0.0982. The van der Waals surface area contributed by atoms with Crippen LogP contribution in [0.2, 0.25) is 0 Å². The van der Waals surface area contributed by atoms with E-state index in [2.05, 4.69) is 40.4 Å². The molecule has 1 aromatic rings. The van der Waals surface area contributed by atoms with Gasteiger partial charge in [0.05, 0.1) is 11.5 Å². The zero-order chi connectivity index (χ0) is 12.3. The molecule has 0 radical (unpaired) electrons. The molecular formula is C14H18BrNS. The molecule has 0 spiro atoms. The number of halogens is 1. The summed E-state index contributed by atoms with van der Waals surface area (Å²) >= 11 is 5.34. The van der Waals surface area contributed by atoms with E-state index in [9.17, 15) is 5.26 Å². The van der Waals surface area contributed by atoms with Crippen molar-refractivity contribution in [3.05, 3.63) is 20.8 Å². The summed E-state index contributed by atoms with van der Waals surface area (Å²) in [5.74, 6) is 0.850. The first-order valence-electron chi connectivity index (χ1n) is 6.32. The van der Waals surface area contributed by atoms with Gasteiger partial charge in [0.1, 0.15) is 0 Å². The van der Waals surface area contributed by atoms with Crippen molar-refractivity contribution in [1.29, 1.82) is 5.26 Å². The standard InChI is InChI=1S/C14H18BrNS/c1-2-11-3-6-14(10-16,7-4-11)9-13-12(15)5-8-17-13/h5,8,11H,2-4,6-7,9H2,1H3. The van der Waals surface area contributed by atoms with E-state index < -0.39 is 0 Å². The highest BCUT2D eigenvalue weighted by molar-refractivity contribution is 9.10. The lowest BCUT2D eigenvalue weighted by Crippen LogP contribution is -2.28. The van der Waals surface area contributed by atoms with Gasteiger partial charge in [-0.2, -0.15) is 5.26 Å². The fourth-order valence-electron chi connectivity index (χ4n) is 2.73. The molecule has 0 aliphatic heterocycles. The molecule has 1 heterocycles. The SMILES string of the molecule is CCC1CCC(C#N)(Cc2sccc2Br)CC1. The van der Waals surface area contributed by atoms with Gasteiger partial charge in [-0.15, -0.1) is 11.3 Å². The van der Waals surface area contributed by atoms with Gasteiger partial charge < -0.3 is 0 Å². The maximum Gasteiger partial charge on any atom is 0.0693 e. The third-order valence-electron chi connectivity index (χ3n) is 4.07. The molecule has 1 fully saturated rings. The summed E-state index contributed by atoms with van der Waals surface area (Å²) in [6.07, 6.45) is 6.81. The summed E-state index contributed by atoms with van der Waals surface area (Å²) in [5.41, 5.74) is -0.0982. The first-order valence-corrected chi connectivity index (χ1v) is 7.99. The molecule has 1 nitrogen and oxygen atoms in total. The maximum absolute atomic E-state index is 9.53. The number of nitriles is 1. The number of rotatable bonds is 3. The van der Waals surface area contributed by atoms with Gasteiger partial charge in [0.2, 0.25) is 0 Å². The third kappa shape index (κ3) is 2.92. The second-order valence-corrected chi connectivity index (χ2v) is 6.97. The van der Waals surface area contributed by atoms with Crippen molar-refractivity contribution >= 4 is 27.3 Å². The Morgan fingerprint density at radius 1 is 1.53 bits per heavy atom. The van der Waals surface area contributed by atoms with E-state index >= 15 is 0 Å². The Bertz CT molecular complexity index is 410.